The standard InChI is InChI=1S/C14H22N5O4P.C4H10O/c1-10(21-9-24-22-5-11(2-3-20)6-23-24)4-19-8-18-12-13(15)16-7-17-14(12)19;1-4(2)5-3/h3,8,10-11,17H,2,4-7,9H2,1H3,(H2,15,16);4H,1-3H3. The second kappa shape index (κ2) is 12.2. The number of methoxy groups -OCH3 is 1. The number of anilines is 1. The van der Waals surface area contributed by atoms with Gasteiger partial charge in [-0.3, -0.25) is 0 Å². The average molecular weight is 429 g/mol. The number of carbonyl (C=O) groups excluding carboxylic acids is 1. The van der Waals surface area contributed by atoms with Gasteiger partial charge in [-0.2, -0.15) is 0 Å². The molecule has 0 spiro atoms. The number of nitrogens with one attached hydrogen (secondary N) is 1. The highest BCUT2D eigenvalue weighted by molar-refractivity contribution is 7.47. The summed E-state index contributed by atoms with van der Waals surface area (Å²) < 4.78 is 23.8. The van der Waals surface area contributed by atoms with Crippen molar-refractivity contribution in [3.05, 3.63) is 12.0 Å². The van der Waals surface area contributed by atoms with Gasteiger partial charge in [0.2, 0.25) is 0 Å². The number of nitrogens with zero attached hydrogens (tertiary/aromatic N) is 3. The van der Waals surface area contributed by atoms with Gasteiger partial charge in [-0.1, -0.05) is 0 Å². The number of carbonyl (C=O) groups is 1. The minimum Gasteiger partial charge on any atom is -0.382 e. The minimum absolute atomic E-state index is 0.0346. The van der Waals surface area contributed by atoms with Crippen LogP contribution in [0.4, 0.5) is 5.82 Å². The molecule has 2 aliphatic rings. The van der Waals surface area contributed by atoms with Crippen LogP contribution >= 0.6 is 8.38 Å². The second-order valence-corrected chi connectivity index (χ2v) is 8.50. The second-order valence-electron chi connectivity index (χ2n) is 7.06. The van der Waals surface area contributed by atoms with Crippen LogP contribution in [0.25, 0.3) is 0 Å². The van der Waals surface area contributed by atoms with Gasteiger partial charge in [0.05, 0.1) is 38.3 Å². The Labute approximate surface area is 173 Å². The molecule has 1 aromatic rings. The van der Waals surface area contributed by atoms with Crippen LogP contribution in [0.5, 0.6) is 0 Å². The number of aromatic nitrogens is 2. The third-order valence-corrected chi connectivity index (χ3v) is 5.54. The van der Waals surface area contributed by atoms with Crippen molar-refractivity contribution in [3.8, 4) is 0 Å². The quantitative estimate of drug-likeness (QED) is 0.475. The third kappa shape index (κ3) is 7.64. The van der Waals surface area contributed by atoms with Gasteiger partial charge in [0, 0.05) is 19.4 Å². The molecule has 0 saturated carbocycles. The summed E-state index contributed by atoms with van der Waals surface area (Å²) in [4.78, 5) is 18.9. The summed E-state index contributed by atoms with van der Waals surface area (Å²) in [5.41, 5.74) is 6.51. The van der Waals surface area contributed by atoms with Crippen molar-refractivity contribution in [2.45, 2.75) is 45.9 Å². The normalized spacial score (nSPS) is 22.0. The number of hydrogen-bond donors (Lipinski definition) is 2. The van der Waals surface area contributed by atoms with E-state index in [9.17, 15) is 4.79 Å². The number of rotatable bonds is 8. The molecule has 0 aromatic carbocycles. The van der Waals surface area contributed by atoms with Gasteiger partial charge in [0.25, 0.3) is 0 Å². The van der Waals surface area contributed by atoms with E-state index in [2.05, 4.69) is 15.3 Å². The Morgan fingerprint density at radius 1 is 1.41 bits per heavy atom. The Bertz CT molecular complexity index is 661. The summed E-state index contributed by atoms with van der Waals surface area (Å²) in [7, 11) is 0.660. The first kappa shape index (κ1) is 23.7. The van der Waals surface area contributed by atoms with Crippen LogP contribution in [0.1, 0.15) is 32.9 Å². The van der Waals surface area contributed by atoms with E-state index in [0.29, 0.717) is 56.8 Å². The highest BCUT2D eigenvalue weighted by Gasteiger charge is 2.24. The van der Waals surface area contributed by atoms with E-state index in [1.165, 1.54) is 0 Å². The Balaban J connectivity index is 0.000000537. The lowest BCUT2D eigenvalue weighted by Crippen LogP contribution is -2.25. The lowest BCUT2D eigenvalue weighted by molar-refractivity contribution is -0.109. The molecule has 0 radical (unpaired) electrons. The topological polar surface area (TPSA) is 122 Å². The fourth-order valence-corrected chi connectivity index (χ4v) is 3.85. The largest absolute Gasteiger partial charge is 0.382 e. The molecule has 2 aliphatic heterocycles. The van der Waals surface area contributed by atoms with E-state index >= 15 is 0 Å². The maximum atomic E-state index is 10.5. The number of aliphatic imine (C=N–C) groups is 1. The van der Waals surface area contributed by atoms with Gasteiger partial charge in [0.1, 0.15) is 36.7 Å². The predicted octanol–water partition coefficient (Wildman–Crippen LogP) is 1.94. The van der Waals surface area contributed by atoms with Crippen LogP contribution in [-0.2, 0) is 29.9 Å². The van der Waals surface area contributed by atoms with Crippen LogP contribution in [0.15, 0.2) is 11.3 Å². The van der Waals surface area contributed by atoms with Crippen molar-refractivity contribution in [1.82, 2.24) is 9.55 Å². The summed E-state index contributed by atoms with van der Waals surface area (Å²) in [6.45, 7) is 8.19. The van der Waals surface area contributed by atoms with Crippen LogP contribution < -0.4 is 11.1 Å². The summed E-state index contributed by atoms with van der Waals surface area (Å²) in [5, 5.41) is 3.17. The number of aldehydes is 1. The first-order chi connectivity index (χ1) is 13.9. The molecule has 1 fully saturated rings. The molecular weight excluding hydrogens is 397 g/mol. The summed E-state index contributed by atoms with van der Waals surface area (Å²) in [6, 6.07) is 0. The molecule has 3 heterocycles. The summed E-state index contributed by atoms with van der Waals surface area (Å²) >= 11 is 0. The molecule has 3 N–H and O–H groups in total. The molecule has 1 aromatic heterocycles. The summed E-state index contributed by atoms with van der Waals surface area (Å²) in [5.74, 6) is 1.48. The first-order valence-electron chi connectivity index (χ1n) is 9.65. The molecule has 1 unspecified atom stereocenters. The highest BCUT2D eigenvalue weighted by Crippen LogP contribution is 2.43. The molecule has 1 saturated heterocycles. The molecule has 0 bridgehead atoms. The number of fused-ring (bicyclic) bond motifs is 1. The van der Waals surface area contributed by atoms with Gasteiger partial charge in [0.15, 0.2) is 8.38 Å². The molecule has 0 aliphatic carbocycles. The van der Waals surface area contributed by atoms with E-state index in [-0.39, 0.29) is 12.0 Å². The number of nitrogens with two attached hydrogens (primary N) is 1. The lowest BCUT2D eigenvalue weighted by Gasteiger charge is -2.28. The monoisotopic (exact) mass is 429 g/mol. The summed E-state index contributed by atoms with van der Waals surface area (Å²) in [6.07, 6.45) is 3.88. The van der Waals surface area contributed by atoms with Crippen LogP contribution in [0.3, 0.4) is 0 Å². The van der Waals surface area contributed by atoms with Crippen molar-refractivity contribution in [1.29, 1.82) is 0 Å². The molecule has 10 nitrogen and oxygen atoms in total. The zero-order valence-electron chi connectivity index (χ0n) is 17.5. The number of hydrogen-bond acceptors (Lipinski definition) is 9. The van der Waals surface area contributed by atoms with Crippen LogP contribution in [0.2, 0.25) is 0 Å². The van der Waals surface area contributed by atoms with Crippen molar-refractivity contribution < 1.29 is 23.3 Å². The SMILES string of the molecule is CC(Cn1cnc2c1NCN=C2N)OCP1OCC(CC=O)CO1.COC(C)C. The van der Waals surface area contributed by atoms with E-state index < -0.39 is 8.38 Å². The first-order valence-corrected chi connectivity index (χ1v) is 11.0. The number of imidazole rings is 1. The van der Waals surface area contributed by atoms with E-state index in [4.69, 9.17) is 24.3 Å². The number of amidine groups is 1. The van der Waals surface area contributed by atoms with Gasteiger partial charge < -0.3 is 38.9 Å². The third-order valence-electron chi connectivity index (χ3n) is 4.30. The van der Waals surface area contributed by atoms with Gasteiger partial charge in [-0.15, -0.1) is 0 Å². The van der Waals surface area contributed by atoms with Crippen molar-refractivity contribution in [3.63, 3.8) is 0 Å². The zero-order valence-corrected chi connectivity index (χ0v) is 18.4. The Morgan fingerprint density at radius 2 is 2.10 bits per heavy atom. The Morgan fingerprint density at radius 3 is 2.72 bits per heavy atom. The van der Waals surface area contributed by atoms with E-state index in [1.807, 2.05) is 25.3 Å². The van der Waals surface area contributed by atoms with Crippen molar-refractivity contribution in [2.75, 3.05) is 38.7 Å². The average Bonchev–Trinajstić information content (AvgIpc) is 3.12. The minimum atomic E-state index is -1.04. The fourth-order valence-electron chi connectivity index (χ4n) is 2.49. The molecule has 1 atom stereocenters. The molecule has 164 valence electrons. The highest BCUT2D eigenvalue weighted by atomic mass is 31.2. The molecular formula is C18H32N5O5P. The van der Waals surface area contributed by atoms with Crippen LogP contribution in [0, 0.1) is 5.92 Å². The maximum absolute atomic E-state index is 10.5. The van der Waals surface area contributed by atoms with Gasteiger partial charge in [-0.25, -0.2) is 9.98 Å². The van der Waals surface area contributed by atoms with Crippen LogP contribution in [-0.4, -0.2) is 67.2 Å². The van der Waals surface area contributed by atoms with Crippen molar-refractivity contribution in [2.24, 2.45) is 16.6 Å². The van der Waals surface area contributed by atoms with Crippen molar-refractivity contribution >= 4 is 26.3 Å². The fraction of sp³-hybridized carbons (Fsp3) is 0.722. The van der Waals surface area contributed by atoms with E-state index in [1.54, 1.807) is 13.4 Å². The number of ether oxygens (including phenoxy) is 2. The van der Waals surface area contributed by atoms with E-state index in [0.717, 1.165) is 12.1 Å². The zero-order chi connectivity index (χ0) is 21.2. The molecule has 11 heteroatoms. The lowest BCUT2D eigenvalue weighted by atomic mass is 10.1. The molecule has 29 heavy (non-hydrogen) atoms. The maximum Gasteiger partial charge on any atom is 0.198 e. The predicted molar refractivity (Wildman–Crippen MR) is 112 cm³/mol. The Hall–Kier alpha value is -1.58. The smallest absolute Gasteiger partial charge is 0.198 e. The van der Waals surface area contributed by atoms with Gasteiger partial charge in [-0.05, 0) is 20.8 Å². The molecule has 0 amide bonds. The van der Waals surface area contributed by atoms with Gasteiger partial charge >= 0.3 is 0 Å². The Kier molecular flexibility index (Phi) is 9.96. The molecule has 3 rings (SSSR count).